The molecule has 2 aromatic carbocycles. The third kappa shape index (κ3) is 4.63. The highest BCUT2D eigenvalue weighted by molar-refractivity contribution is 8.00. The molecule has 7 heteroatoms. The maximum atomic E-state index is 12.8. The van der Waals surface area contributed by atoms with Gasteiger partial charge in [0.2, 0.25) is 5.91 Å². The summed E-state index contributed by atoms with van der Waals surface area (Å²) < 4.78 is 1.52. The van der Waals surface area contributed by atoms with Crippen LogP contribution in [0.15, 0.2) is 71.1 Å². The number of carbonyl (C=O) groups is 2. The number of ketones is 1. The van der Waals surface area contributed by atoms with Crippen molar-refractivity contribution >= 4 is 40.0 Å². The molecule has 0 bridgehead atoms. The molecule has 29 heavy (non-hydrogen) atoms. The van der Waals surface area contributed by atoms with Crippen LogP contribution in [-0.2, 0) is 11.3 Å². The molecule has 0 unspecified atom stereocenters. The van der Waals surface area contributed by atoms with E-state index in [1.54, 1.807) is 55.5 Å². The number of nitrogens with zero attached hydrogens (tertiary/aromatic N) is 2. The summed E-state index contributed by atoms with van der Waals surface area (Å²) in [4.78, 5) is 41.4. The van der Waals surface area contributed by atoms with Crippen molar-refractivity contribution in [2.45, 2.75) is 30.8 Å². The van der Waals surface area contributed by atoms with E-state index in [0.717, 1.165) is 0 Å². The average Bonchev–Trinajstić information content (AvgIpc) is 2.71. The van der Waals surface area contributed by atoms with Crippen molar-refractivity contribution < 1.29 is 9.59 Å². The van der Waals surface area contributed by atoms with Crippen LogP contribution in [0.1, 0.15) is 24.2 Å². The molecule has 0 fully saturated rings. The number of anilines is 1. The number of rotatable bonds is 7. The first kappa shape index (κ1) is 20.5. The Hall–Kier alpha value is -3.19. The summed E-state index contributed by atoms with van der Waals surface area (Å²) in [7, 11) is 0. The van der Waals surface area contributed by atoms with Crippen LogP contribution in [0, 0.1) is 0 Å². The molecule has 1 N–H and O–H groups in total. The Labute approximate surface area is 172 Å². The Balaban J connectivity index is 1.82. The molecule has 0 saturated carbocycles. The lowest BCUT2D eigenvalue weighted by atomic mass is 10.1. The summed E-state index contributed by atoms with van der Waals surface area (Å²) in [6.07, 6.45) is 1.63. The fourth-order valence-electron chi connectivity index (χ4n) is 2.77. The molecule has 3 aromatic rings. The monoisotopic (exact) mass is 407 g/mol. The summed E-state index contributed by atoms with van der Waals surface area (Å²) in [6.45, 7) is 7.26. The number of para-hydroxylation sites is 1. The smallest absolute Gasteiger partial charge is 0.262 e. The van der Waals surface area contributed by atoms with Crippen molar-refractivity contribution in [2.24, 2.45) is 0 Å². The number of hydrogen-bond donors (Lipinski definition) is 1. The Bertz CT molecular complexity index is 1140. The van der Waals surface area contributed by atoms with Gasteiger partial charge in [-0.1, -0.05) is 30.0 Å². The second-order valence-electron chi connectivity index (χ2n) is 6.50. The minimum absolute atomic E-state index is 0.0330. The molecule has 1 atom stereocenters. The minimum Gasteiger partial charge on any atom is -0.325 e. The number of nitrogens with one attached hydrogen (secondary N) is 1. The highest BCUT2D eigenvalue weighted by atomic mass is 32.2. The van der Waals surface area contributed by atoms with Gasteiger partial charge in [-0.05, 0) is 50.2 Å². The minimum atomic E-state index is -0.494. The number of benzene rings is 2. The topological polar surface area (TPSA) is 81.1 Å². The van der Waals surface area contributed by atoms with Crippen LogP contribution >= 0.6 is 11.8 Å². The van der Waals surface area contributed by atoms with Crippen molar-refractivity contribution in [1.82, 2.24) is 9.55 Å². The third-order valence-corrected chi connectivity index (χ3v) is 5.44. The van der Waals surface area contributed by atoms with Crippen molar-refractivity contribution in [3.63, 3.8) is 0 Å². The van der Waals surface area contributed by atoms with Crippen molar-refractivity contribution in [1.29, 1.82) is 0 Å². The van der Waals surface area contributed by atoms with E-state index in [0.29, 0.717) is 33.9 Å². The van der Waals surface area contributed by atoms with E-state index in [4.69, 9.17) is 0 Å². The van der Waals surface area contributed by atoms with E-state index in [1.165, 1.54) is 23.3 Å². The maximum Gasteiger partial charge on any atom is 0.262 e. The number of hydrogen-bond acceptors (Lipinski definition) is 5. The Morgan fingerprint density at radius 2 is 1.90 bits per heavy atom. The van der Waals surface area contributed by atoms with Crippen LogP contribution in [0.2, 0.25) is 0 Å². The lowest BCUT2D eigenvalue weighted by Crippen LogP contribution is -2.26. The fourth-order valence-corrected chi connectivity index (χ4v) is 3.69. The van der Waals surface area contributed by atoms with Gasteiger partial charge in [0.25, 0.3) is 5.56 Å². The van der Waals surface area contributed by atoms with Crippen molar-refractivity contribution in [2.75, 3.05) is 5.32 Å². The number of allylic oxidation sites excluding steroid dienone is 1. The molecular formula is C22H21N3O3S. The highest BCUT2D eigenvalue weighted by Crippen LogP contribution is 2.24. The normalized spacial score (nSPS) is 11.8. The number of amides is 1. The summed E-state index contributed by atoms with van der Waals surface area (Å²) in [5.41, 5.74) is 1.61. The van der Waals surface area contributed by atoms with Gasteiger partial charge in [-0.15, -0.1) is 6.58 Å². The summed E-state index contributed by atoms with van der Waals surface area (Å²) in [5.74, 6) is -0.257. The van der Waals surface area contributed by atoms with Gasteiger partial charge in [0.1, 0.15) is 0 Å². The van der Waals surface area contributed by atoms with Gasteiger partial charge in [0, 0.05) is 17.8 Å². The maximum absolute atomic E-state index is 12.8. The van der Waals surface area contributed by atoms with Gasteiger partial charge >= 0.3 is 0 Å². The first-order valence-corrected chi connectivity index (χ1v) is 9.97. The fraction of sp³-hybridized carbons (Fsp3) is 0.182. The van der Waals surface area contributed by atoms with Crippen LogP contribution in [0.4, 0.5) is 5.69 Å². The first-order chi connectivity index (χ1) is 13.9. The lowest BCUT2D eigenvalue weighted by Gasteiger charge is -2.15. The van der Waals surface area contributed by atoms with E-state index < -0.39 is 5.25 Å². The number of carbonyl (C=O) groups excluding carboxylic acids is 2. The number of Topliss-reactive ketones (excluding diaryl/α,β-unsaturated/α-hetero) is 1. The Kier molecular flexibility index (Phi) is 6.29. The molecule has 3 rings (SSSR count). The Morgan fingerprint density at radius 3 is 2.55 bits per heavy atom. The van der Waals surface area contributed by atoms with Gasteiger partial charge in [0.15, 0.2) is 10.9 Å². The van der Waals surface area contributed by atoms with Crippen molar-refractivity contribution in [3.8, 4) is 0 Å². The first-order valence-electron chi connectivity index (χ1n) is 9.09. The van der Waals surface area contributed by atoms with Gasteiger partial charge < -0.3 is 5.32 Å². The highest BCUT2D eigenvalue weighted by Gasteiger charge is 2.19. The molecule has 1 aromatic heterocycles. The average molecular weight is 407 g/mol. The summed E-state index contributed by atoms with van der Waals surface area (Å²) in [6, 6.07) is 13.8. The largest absolute Gasteiger partial charge is 0.325 e. The molecule has 0 aliphatic heterocycles. The second-order valence-corrected chi connectivity index (χ2v) is 7.81. The van der Waals surface area contributed by atoms with Crippen LogP contribution in [0.3, 0.4) is 0 Å². The van der Waals surface area contributed by atoms with Gasteiger partial charge in [-0.2, -0.15) is 0 Å². The van der Waals surface area contributed by atoms with Gasteiger partial charge in [-0.25, -0.2) is 4.98 Å². The molecule has 0 aliphatic carbocycles. The zero-order chi connectivity index (χ0) is 21.0. The molecule has 0 radical (unpaired) electrons. The van der Waals surface area contributed by atoms with Crippen LogP contribution in [-0.4, -0.2) is 26.5 Å². The van der Waals surface area contributed by atoms with Gasteiger partial charge in [0.05, 0.1) is 16.2 Å². The molecular weight excluding hydrogens is 386 g/mol. The molecule has 1 amide bonds. The standard InChI is InChI=1S/C22H21N3O3S/c1-4-13-25-21(28)18-7-5-6-8-19(18)24-22(25)29-15(3)20(27)23-17-11-9-16(10-12-17)14(2)26/h4-12,15H,1,13H2,2-3H3,(H,23,27)/t15-/m1/s1. The third-order valence-electron chi connectivity index (χ3n) is 4.35. The molecule has 0 saturated heterocycles. The number of aromatic nitrogens is 2. The molecule has 0 aliphatic rings. The van der Waals surface area contributed by atoms with Gasteiger partial charge in [-0.3, -0.25) is 19.0 Å². The van der Waals surface area contributed by atoms with E-state index >= 15 is 0 Å². The van der Waals surface area contributed by atoms with Crippen molar-refractivity contribution in [3.05, 3.63) is 77.1 Å². The van der Waals surface area contributed by atoms with E-state index in [9.17, 15) is 14.4 Å². The van der Waals surface area contributed by atoms with Crippen LogP contribution in [0.25, 0.3) is 10.9 Å². The zero-order valence-corrected chi connectivity index (χ0v) is 17.0. The van der Waals surface area contributed by atoms with E-state index in [1.807, 2.05) is 6.07 Å². The number of fused-ring (bicyclic) bond motifs is 1. The molecule has 148 valence electrons. The number of thioether (sulfide) groups is 1. The molecule has 1 heterocycles. The van der Waals surface area contributed by atoms with E-state index in [-0.39, 0.29) is 17.2 Å². The predicted molar refractivity (Wildman–Crippen MR) is 117 cm³/mol. The second kappa shape index (κ2) is 8.87. The van der Waals surface area contributed by atoms with Crippen LogP contribution < -0.4 is 10.9 Å². The van der Waals surface area contributed by atoms with E-state index in [2.05, 4.69) is 16.9 Å². The summed E-state index contributed by atoms with van der Waals surface area (Å²) in [5, 5.41) is 3.32. The zero-order valence-electron chi connectivity index (χ0n) is 16.2. The predicted octanol–water partition coefficient (Wildman–Crippen LogP) is 3.90. The molecule has 0 spiro atoms. The Morgan fingerprint density at radius 1 is 1.21 bits per heavy atom. The molecule has 6 nitrogen and oxygen atoms in total. The quantitative estimate of drug-likeness (QED) is 0.278. The van der Waals surface area contributed by atoms with Crippen LogP contribution in [0.5, 0.6) is 0 Å². The lowest BCUT2D eigenvalue weighted by molar-refractivity contribution is -0.115. The SMILES string of the molecule is C=CCn1c(S[C@H](C)C(=O)Nc2ccc(C(C)=O)cc2)nc2ccccc2c1=O. The summed E-state index contributed by atoms with van der Waals surface area (Å²) >= 11 is 1.21.